The summed E-state index contributed by atoms with van der Waals surface area (Å²) in [5, 5.41) is 15.7. The number of para-hydroxylation sites is 1. The van der Waals surface area contributed by atoms with Gasteiger partial charge in [0.25, 0.3) is 5.56 Å². The molecule has 1 heterocycles. The van der Waals surface area contributed by atoms with Crippen molar-refractivity contribution in [2.24, 2.45) is 0 Å². The van der Waals surface area contributed by atoms with Crippen molar-refractivity contribution in [2.75, 3.05) is 6.61 Å². The van der Waals surface area contributed by atoms with E-state index in [0.717, 1.165) is 22.3 Å². The topological polar surface area (TPSA) is 64.3 Å². The molecule has 0 aliphatic rings. The fraction of sp³-hybridized carbons (Fsp3) is 0.263. The van der Waals surface area contributed by atoms with Gasteiger partial charge in [-0.3, -0.25) is 4.79 Å². The lowest BCUT2D eigenvalue weighted by molar-refractivity contribution is 0.0875. The fourth-order valence-electron chi connectivity index (χ4n) is 2.72. The molecule has 0 bridgehead atoms. The Morgan fingerprint density at radius 3 is 2.58 bits per heavy atom. The van der Waals surface area contributed by atoms with Gasteiger partial charge in [0.2, 0.25) is 0 Å². The second kappa shape index (κ2) is 6.84. The van der Waals surface area contributed by atoms with Gasteiger partial charge >= 0.3 is 0 Å². The number of aryl methyl sites for hydroxylation is 2. The maximum Gasteiger partial charge on any atom is 0.274 e. The molecule has 1 atom stereocenters. The van der Waals surface area contributed by atoms with Crippen LogP contribution in [0, 0.1) is 13.8 Å². The normalized spacial score (nSPS) is 12.3. The molecule has 1 unspecified atom stereocenters. The van der Waals surface area contributed by atoms with Crippen molar-refractivity contribution >= 4 is 10.8 Å². The Hall–Kier alpha value is -2.66. The van der Waals surface area contributed by atoms with E-state index >= 15 is 0 Å². The summed E-state index contributed by atoms with van der Waals surface area (Å²) >= 11 is 0. The van der Waals surface area contributed by atoms with Gasteiger partial charge in [0.15, 0.2) is 0 Å². The first-order chi connectivity index (χ1) is 11.6. The van der Waals surface area contributed by atoms with Gasteiger partial charge in [-0.1, -0.05) is 36.4 Å². The molecule has 0 amide bonds. The molecule has 0 saturated carbocycles. The molecule has 5 heteroatoms. The number of aliphatic hydroxyl groups is 1. The van der Waals surface area contributed by atoms with Crippen molar-refractivity contribution < 1.29 is 9.84 Å². The number of benzene rings is 2. The zero-order valence-corrected chi connectivity index (χ0v) is 13.8. The molecular formula is C19H20N2O3. The molecule has 0 saturated heterocycles. The summed E-state index contributed by atoms with van der Waals surface area (Å²) in [6, 6.07) is 13.2. The number of aromatic nitrogens is 2. The van der Waals surface area contributed by atoms with Crippen LogP contribution < -0.4 is 10.3 Å². The summed E-state index contributed by atoms with van der Waals surface area (Å²) in [5.74, 6) is 0.773. The lowest BCUT2D eigenvalue weighted by Gasteiger charge is -2.16. The van der Waals surface area contributed by atoms with E-state index in [-0.39, 0.29) is 18.7 Å². The molecule has 2 aromatic carbocycles. The van der Waals surface area contributed by atoms with E-state index in [2.05, 4.69) is 5.10 Å². The van der Waals surface area contributed by atoms with Crippen LogP contribution in [0.25, 0.3) is 10.8 Å². The van der Waals surface area contributed by atoms with Crippen molar-refractivity contribution in [3.05, 3.63) is 70.1 Å². The van der Waals surface area contributed by atoms with Gasteiger partial charge in [0.1, 0.15) is 18.5 Å². The van der Waals surface area contributed by atoms with E-state index in [1.807, 2.05) is 50.2 Å². The monoisotopic (exact) mass is 324 g/mol. The van der Waals surface area contributed by atoms with Crippen LogP contribution in [0.5, 0.6) is 5.75 Å². The van der Waals surface area contributed by atoms with E-state index in [1.54, 1.807) is 12.3 Å². The summed E-state index contributed by atoms with van der Waals surface area (Å²) in [7, 11) is 0. The Balaban J connectivity index is 1.72. The first-order valence-electron chi connectivity index (χ1n) is 7.88. The fourth-order valence-corrected chi connectivity index (χ4v) is 2.72. The molecule has 3 rings (SSSR count). The number of aliphatic hydroxyl groups excluding tert-OH is 1. The van der Waals surface area contributed by atoms with Crippen molar-refractivity contribution in [2.45, 2.75) is 26.5 Å². The number of hydrogen-bond acceptors (Lipinski definition) is 4. The van der Waals surface area contributed by atoms with Crippen LogP contribution in [-0.2, 0) is 6.54 Å². The summed E-state index contributed by atoms with van der Waals surface area (Å²) < 4.78 is 7.01. The molecule has 1 aromatic heterocycles. The minimum absolute atomic E-state index is 0.0919. The van der Waals surface area contributed by atoms with Gasteiger partial charge in [-0.15, -0.1) is 0 Å². The van der Waals surface area contributed by atoms with Gasteiger partial charge in [-0.2, -0.15) is 5.10 Å². The minimum atomic E-state index is -0.824. The maximum absolute atomic E-state index is 12.4. The highest BCUT2D eigenvalue weighted by molar-refractivity contribution is 5.80. The number of ether oxygens (including phenoxy) is 1. The Morgan fingerprint density at radius 1 is 1.12 bits per heavy atom. The van der Waals surface area contributed by atoms with Gasteiger partial charge < -0.3 is 9.84 Å². The lowest BCUT2D eigenvalue weighted by Crippen LogP contribution is -2.32. The molecule has 0 aliphatic carbocycles. The molecule has 1 N–H and O–H groups in total. The van der Waals surface area contributed by atoms with Crippen LogP contribution >= 0.6 is 0 Å². The van der Waals surface area contributed by atoms with E-state index < -0.39 is 6.10 Å². The smallest absolute Gasteiger partial charge is 0.274 e. The van der Waals surface area contributed by atoms with E-state index in [1.165, 1.54) is 4.68 Å². The van der Waals surface area contributed by atoms with Crippen molar-refractivity contribution in [3.8, 4) is 5.75 Å². The predicted molar refractivity (Wildman–Crippen MR) is 93.4 cm³/mol. The van der Waals surface area contributed by atoms with Gasteiger partial charge in [0.05, 0.1) is 18.1 Å². The third-order valence-corrected chi connectivity index (χ3v) is 3.97. The molecule has 24 heavy (non-hydrogen) atoms. The lowest BCUT2D eigenvalue weighted by atomic mass is 10.1. The Labute approximate surface area is 140 Å². The minimum Gasteiger partial charge on any atom is -0.490 e. The maximum atomic E-state index is 12.4. The average molecular weight is 324 g/mol. The molecule has 0 spiro atoms. The largest absolute Gasteiger partial charge is 0.490 e. The summed E-state index contributed by atoms with van der Waals surface area (Å²) in [6.07, 6.45) is 0.811. The molecule has 0 aliphatic heterocycles. The zero-order valence-electron chi connectivity index (χ0n) is 13.8. The second-order valence-electron chi connectivity index (χ2n) is 5.90. The van der Waals surface area contributed by atoms with Crippen LogP contribution in [0.1, 0.15) is 11.1 Å². The highest BCUT2D eigenvalue weighted by atomic mass is 16.5. The van der Waals surface area contributed by atoms with Crippen LogP contribution in [-0.4, -0.2) is 27.6 Å². The Morgan fingerprint density at radius 2 is 1.83 bits per heavy atom. The summed E-state index contributed by atoms with van der Waals surface area (Å²) in [5.41, 5.74) is 1.82. The van der Waals surface area contributed by atoms with Gasteiger partial charge in [0, 0.05) is 5.39 Å². The SMILES string of the molecule is Cc1cccc(C)c1OCC(O)Cn1ncc2ccccc2c1=O. The van der Waals surface area contributed by atoms with E-state index in [9.17, 15) is 9.90 Å². The van der Waals surface area contributed by atoms with Crippen LogP contribution in [0.4, 0.5) is 0 Å². The second-order valence-corrected chi connectivity index (χ2v) is 5.90. The molecule has 0 radical (unpaired) electrons. The number of nitrogens with zero attached hydrogens (tertiary/aromatic N) is 2. The van der Waals surface area contributed by atoms with E-state index in [0.29, 0.717) is 5.39 Å². The number of hydrogen-bond donors (Lipinski definition) is 1. The van der Waals surface area contributed by atoms with Crippen LogP contribution in [0.3, 0.4) is 0 Å². The average Bonchev–Trinajstić information content (AvgIpc) is 2.57. The third-order valence-electron chi connectivity index (χ3n) is 3.97. The molecular weight excluding hydrogens is 304 g/mol. The summed E-state index contributed by atoms with van der Waals surface area (Å²) in [4.78, 5) is 12.4. The highest BCUT2D eigenvalue weighted by Crippen LogP contribution is 2.22. The van der Waals surface area contributed by atoms with Crippen LogP contribution in [0.2, 0.25) is 0 Å². The highest BCUT2D eigenvalue weighted by Gasteiger charge is 2.12. The van der Waals surface area contributed by atoms with Crippen LogP contribution in [0.15, 0.2) is 53.5 Å². The molecule has 0 fully saturated rings. The Bertz CT molecular complexity index is 898. The molecule has 3 aromatic rings. The van der Waals surface area contributed by atoms with E-state index in [4.69, 9.17) is 4.74 Å². The molecule has 5 nitrogen and oxygen atoms in total. The quantitative estimate of drug-likeness (QED) is 0.783. The van der Waals surface area contributed by atoms with Gasteiger partial charge in [-0.05, 0) is 31.0 Å². The zero-order chi connectivity index (χ0) is 17.1. The first-order valence-corrected chi connectivity index (χ1v) is 7.88. The Kier molecular flexibility index (Phi) is 4.62. The standard InChI is InChI=1S/C19H20N2O3/c1-13-6-5-7-14(2)18(13)24-12-16(22)11-21-19(23)17-9-4-3-8-15(17)10-20-21/h3-10,16,22H,11-12H2,1-2H3. The first kappa shape index (κ1) is 16.2. The number of rotatable bonds is 5. The van der Waals surface area contributed by atoms with Crippen molar-refractivity contribution in [1.82, 2.24) is 9.78 Å². The van der Waals surface area contributed by atoms with Crippen molar-refractivity contribution in [3.63, 3.8) is 0 Å². The predicted octanol–water partition coefficient (Wildman–Crippen LogP) is 2.45. The third kappa shape index (κ3) is 3.31. The number of fused-ring (bicyclic) bond motifs is 1. The van der Waals surface area contributed by atoms with Gasteiger partial charge in [-0.25, -0.2) is 4.68 Å². The summed E-state index contributed by atoms with van der Waals surface area (Å²) in [6.45, 7) is 4.12. The van der Waals surface area contributed by atoms with Crippen molar-refractivity contribution in [1.29, 1.82) is 0 Å². The molecule has 124 valence electrons.